The fourth-order valence-electron chi connectivity index (χ4n) is 6.74. The first-order valence-electron chi connectivity index (χ1n) is 19.8. The van der Waals surface area contributed by atoms with E-state index in [1.807, 2.05) is 0 Å². The molecular formula is C42H43ClF12N4O4S2. The number of amides is 2. The van der Waals surface area contributed by atoms with Gasteiger partial charge in [0.15, 0.2) is 0 Å². The summed E-state index contributed by atoms with van der Waals surface area (Å²) in [5, 5.41) is 2.59. The summed E-state index contributed by atoms with van der Waals surface area (Å²) in [6, 6.07) is 2.76. The van der Waals surface area contributed by atoms with E-state index in [9.17, 15) is 62.3 Å². The molecule has 0 spiro atoms. The second-order valence-electron chi connectivity index (χ2n) is 17.3. The molecule has 0 N–H and O–H groups in total. The number of benzene rings is 2. The summed E-state index contributed by atoms with van der Waals surface area (Å²) in [5.41, 5.74) is -7.49. The lowest BCUT2D eigenvalue weighted by atomic mass is 9.97. The van der Waals surface area contributed by atoms with Crippen molar-refractivity contribution < 1.29 is 71.7 Å². The van der Waals surface area contributed by atoms with Crippen molar-refractivity contribution in [3.8, 4) is 22.5 Å². The van der Waals surface area contributed by atoms with Gasteiger partial charge in [0.1, 0.15) is 21.2 Å². The number of nitrogens with zero attached hydrogens (tertiary/aromatic N) is 4. The summed E-state index contributed by atoms with van der Waals surface area (Å²) in [6.45, 7) is 12.2. The molecule has 0 unspecified atom stereocenters. The van der Waals surface area contributed by atoms with Crippen molar-refractivity contribution in [3.63, 3.8) is 0 Å². The number of thiazole rings is 2. The van der Waals surface area contributed by atoms with Crippen molar-refractivity contribution in [2.45, 2.75) is 115 Å². The summed E-state index contributed by atoms with van der Waals surface area (Å²) in [5.74, 6) is -0.173. The summed E-state index contributed by atoms with van der Waals surface area (Å²) < 4.78 is 169. The lowest BCUT2D eigenvalue weighted by molar-refractivity contribution is -0.144. The van der Waals surface area contributed by atoms with E-state index in [0.29, 0.717) is 86.1 Å². The van der Waals surface area contributed by atoms with E-state index in [0.717, 1.165) is 11.3 Å². The van der Waals surface area contributed by atoms with Crippen LogP contribution in [0.4, 0.5) is 62.3 Å². The largest absolute Gasteiger partial charge is 0.444 e. The van der Waals surface area contributed by atoms with E-state index in [1.165, 1.54) is 16.7 Å². The van der Waals surface area contributed by atoms with Crippen molar-refractivity contribution in [2.24, 2.45) is 0 Å². The number of alkyl halides is 12. The summed E-state index contributed by atoms with van der Waals surface area (Å²) in [4.78, 5) is 36.2. The summed E-state index contributed by atoms with van der Waals surface area (Å²) >= 11 is 8.40. The van der Waals surface area contributed by atoms with E-state index >= 15 is 0 Å². The molecule has 4 heterocycles. The molecule has 2 aromatic heterocycles. The first-order valence-corrected chi connectivity index (χ1v) is 21.9. The van der Waals surface area contributed by atoms with Crippen molar-refractivity contribution in [1.82, 2.24) is 19.8 Å². The fraction of sp³-hybridized carbons (Fsp3) is 0.524. The van der Waals surface area contributed by atoms with Gasteiger partial charge in [-0.15, -0.1) is 22.7 Å². The van der Waals surface area contributed by atoms with Gasteiger partial charge in [-0.2, -0.15) is 52.7 Å². The third-order valence-electron chi connectivity index (χ3n) is 9.86. The van der Waals surface area contributed by atoms with Crippen LogP contribution in [0.15, 0.2) is 41.8 Å². The number of rotatable bonds is 4. The number of aromatic nitrogens is 2. The average Bonchev–Trinajstić information content (AvgIpc) is 3.83. The first kappa shape index (κ1) is 51.7. The Bertz CT molecular complexity index is 2250. The smallest absolute Gasteiger partial charge is 0.416 e. The molecule has 6 rings (SSSR count). The van der Waals surface area contributed by atoms with Crippen molar-refractivity contribution in [3.05, 3.63) is 78.4 Å². The van der Waals surface area contributed by atoms with E-state index < -0.39 is 70.3 Å². The number of hydrogen-bond donors (Lipinski definition) is 0. The van der Waals surface area contributed by atoms with Crippen LogP contribution >= 0.6 is 34.3 Å². The molecule has 2 aliphatic rings. The SMILES string of the molecule is CC(C)(C)OC(=O)N1CCC(c2nc(-c3cc(C(F)(F)F)cc(C(F)(F)F)c3)c(Cl)s2)CC1.CC(C)(C)OC(=O)N1CCC(c2nc(-c3cc(C(F)(F)F)cc(C(F)(F)F)c3)cs2)CC1. The minimum absolute atomic E-state index is 0.00650. The van der Waals surface area contributed by atoms with Gasteiger partial charge >= 0.3 is 36.9 Å². The van der Waals surface area contributed by atoms with Crippen LogP contribution in [0.3, 0.4) is 0 Å². The Hall–Kier alpha value is -4.31. The van der Waals surface area contributed by atoms with Gasteiger partial charge in [-0.3, -0.25) is 0 Å². The second kappa shape index (κ2) is 19.1. The van der Waals surface area contributed by atoms with E-state index in [4.69, 9.17) is 21.1 Å². The molecule has 0 aliphatic carbocycles. The van der Waals surface area contributed by atoms with Crippen molar-refractivity contribution in [2.75, 3.05) is 26.2 Å². The van der Waals surface area contributed by atoms with Crippen LogP contribution in [0.5, 0.6) is 0 Å². The van der Waals surface area contributed by atoms with Gasteiger partial charge in [0, 0.05) is 54.5 Å². The van der Waals surface area contributed by atoms with Gasteiger partial charge in [-0.05, 0) is 104 Å². The zero-order chi connectivity index (χ0) is 48.7. The minimum atomic E-state index is -4.96. The van der Waals surface area contributed by atoms with E-state index in [-0.39, 0.29) is 50.8 Å². The van der Waals surface area contributed by atoms with Crippen LogP contribution < -0.4 is 0 Å². The highest BCUT2D eigenvalue weighted by molar-refractivity contribution is 7.16. The average molecular weight is 995 g/mol. The van der Waals surface area contributed by atoms with E-state index in [1.54, 1.807) is 51.3 Å². The Balaban J connectivity index is 0.000000244. The Morgan fingerprint density at radius 1 is 0.569 bits per heavy atom. The molecule has 23 heteroatoms. The van der Waals surface area contributed by atoms with Gasteiger partial charge in [-0.25, -0.2) is 19.6 Å². The fourth-order valence-corrected chi connectivity index (χ4v) is 9.11. The molecule has 65 heavy (non-hydrogen) atoms. The molecule has 2 fully saturated rings. The maximum absolute atomic E-state index is 13.2. The van der Waals surface area contributed by atoms with Crippen molar-refractivity contribution >= 4 is 46.5 Å². The Kier molecular flexibility index (Phi) is 15.2. The zero-order valence-electron chi connectivity index (χ0n) is 35.5. The molecule has 8 nitrogen and oxygen atoms in total. The van der Waals surface area contributed by atoms with Crippen LogP contribution in [-0.4, -0.2) is 69.3 Å². The van der Waals surface area contributed by atoms with Gasteiger partial charge in [-0.1, -0.05) is 11.6 Å². The van der Waals surface area contributed by atoms with Crippen LogP contribution in [0, 0.1) is 0 Å². The highest BCUT2D eigenvalue weighted by atomic mass is 35.5. The Morgan fingerprint density at radius 2 is 0.923 bits per heavy atom. The molecule has 2 aliphatic heterocycles. The first-order chi connectivity index (χ1) is 29.7. The molecule has 358 valence electrons. The number of carbonyl (C=O) groups excluding carboxylic acids is 2. The van der Waals surface area contributed by atoms with Gasteiger partial charge in [0.05, 0.1) is 38.0 Å². The number of likely N-dealkylation sites (tertiary alicyclic amines) is 2. The molecule has 4 aromatic rings. The molecule has 2 aromatic carbocycles. The number of carbonyl (C=O) groups is 2. The molecule has 0 radical (unpaired) electrons. The monoisotopic (exact) mass is 994 g/mol. The van der Waals surface area contributed by atoms with Crippen LogP contribution in [0.2, 0.25) is 4.34 Å². The minimum Gasteiger partial charge on any atom is -0.444 e. The lowest BCUT2D eigenvalue weighted by Gasteiger charge is -2.32. The van der Waals surface area contributed by atoms with Gasteiger partial charge in [0.2, 0.25) is 0 Å². The molecule has 2 saturated heterocycles. The Morgan fingerprint density at radius 3 is 1.28 bits per heavy atom. The molecule has 2 amide bonds. The quantitative estimate of drug-likeness (QED) is 0.189. The van der Waals surface area contributed by atoms with Crippen molar-refractivity contribution in [1.29, 1.82) is 0 Å². The number of piperidine rings is 2. The normalized spacial score (nSPS) is 16.3. The molecule has 0 saturated carbocycles. The molecule has 0 bridgehead atoms. The van der Waals surface area contributed by atoms with E-state index in [2.05, 4.69) is 9.97 Å². The zero-order valence-corrected chi connectivity index (χ0v) is 37.9. The third kappa shape index (κ3) is 14.1. The lowest BCUT2D eigenvalue weighted by Crippen LogP contribution is -2.41. The van der Waals surface area contributed by atoms with Crippen LogP contribution in [0.25, 0.3) is 22.5 Å². The maximum atomic E-state index is 13.2. The second-order valence-corrected chi connectivity index (χ2v) is 19.8. The third-order valence-corrected chi connectivity index (χ3v) is 12.3. The molecular weight excluding hydrogens is 952 g/mol. The topological polar surface area (TPSA) is 84.9 Å². The summed E-state index contributed by atoms with van der Waals surface area (Å²) in [6.07, 6.45) is -18.4. The predicted molar refractivity (Wildman–Crippen MR) is 220 cm³/mol. The highest BCUT2D eigenvalue weighted by Crippen LogP contribution is 2.44. The molecule has 0 atom stereocenters. The maximum Gasteiger partial charge on any atom is 0.416 e. The number of halogens is 13. The van der Waals surface area contributed by atoms with Crippen LogP contribution in [-0.2, 0) is 34.2 Å². The number of hydrogen-bond acceptors (Lipinski definition) is 8. The highest BCUT2D eigenvalue weighted by Gasteiger charge is 2.39. The number of ether oxygens (including phenoxy) is 2. The van der Waals surface area contributed by atoms with Gasteiger partial charge < -0.3 is 19.3 Å². The standard InChI is InChI=1S/C21H21ClF6N2O2S.C21H22F6N2O2S/c1-19(2,3)32-18(31)30-6-4-11(5-7-30)17-29-15(16(22)33-17)12-8-13(20(23,24)25)10-14(9-12)21(26,27)28;1-19(2,3)31-18(30)29-6-4-12(5-7-29)17-28-16(11-32-17)13-8-14(20(22,23)24)10-15(9-13)21(25,26)27/h8-11H,4-7H2,1-3H3;8-12H,4-7H2,1-3H3. The van der Waals surface area contributed by atoms with Gasteiger partial charge in [0.25, 0.3) is 0 Å². The Labute approximate surface area is 378 Å². The summed E-state index contributed by atoms with van der Waals surface area (Å²) in [7, 11) is 0. The van der Waals surface area contributed by atoms with Crippen LogP contribution in [0.1, 0.15) is 111 Å². The predicted octanol–water partition coefficient (Wildman–Crippen LogP) is 14.6.